The monoisotopic (exact) mass is 259 g/mol. The molecular formula is C11H17NO4S. The lowest BCUT2D eigenvalue weighted by Gasteiger charge is -2.09. The number of rotatable bonds is 6. The smallest absolute Gasteiger partial charge is 0.175 e. The van der Waals surface area contributed by atoms with Crippen molar-refractivity contribution in [2.45, 2.75) is 17.5 Å². The topological polar surface area (TPSA) is 86.6 Å². The molecule has 0 aliphatic rings. The van der Waals surface area contributed by atoms with Crippen LogP contribution >= 0.6 is 0 Å². The van der Waals surface area contributed by atoms with E-state index in [9.17, 15) is 8.42 Å². The van der Waals surface area contributed by atoms with E-state index in [-0.39, 0.29) is 11.5 Å². The molecule has 17 heavy (non-hydrogen) atoms. The SMILES string of the molecule is CS(=O)(=O)c1ccc(CNCC(O)CO)cc1. The fourth-order valence-corrected chi connectivity index (χ4v) is 1.93. The fourth-order valence-electron chi connectivity index (χ4n) is 1.30. The number of nitrogens with one attached hydrogen (secondary N) is 1. The average Bonchev–Trinajstić information content (AvgIpc) is 2.28. The van der Waals surface area contributed by atoms with E-state index in [1.54, 1.807) is 24.3 Å². The van der Waals surface area contributed by atoms with Crippen LogP contribution in [0.3, 0.4) is 0 Å². The van der Waals surface area contributed by atoms with Gasteiger partial charge < -0.3 is 15.5 Å². The van der Waals surface area contributed by atoms with E-state index in [1.807, 2.05) is 0 Å². The van der Waals surface area contributed by atoms with Crippen molar-refractivity contribution in [2.24, 2.45) is 0 Å². The van der Waals surface area contributed by atoms with Crippen LogP contribution in [0.2, 0.25) is 0 Å². The van der Waals surface area contributed by atoms with Gasteiger partial charge in [-0.25, -0.2) is 8.42 Å². The van der Waals surface area contributed by atoms with Gasteiger partial charge in [-0.1, -0.05) is 12.1 Å². The molecule has 0 aliphatic heterocycles. The Hall–Kier alpha value is -0.950. The molecule has 0 aromatic heterocycles. The minimum absolute atomic E-state index is 0.278. The zero-order chi connectivity index (χ0) is 12.9. The molecule has 0 aliphatic carbocycles. The van der Waals surface area contributed by atoms with Crippen LogP contribution in [0.15, 0.2) is 29.2 Å². The summed E-state index contributed by atoms with van der Waals surface area (Å²) in [5, 5.41) is 20.6. The van der Waals surface area contributed by atoms with Gasteiger partial charge in [0.2, 0.25) is 0 Å². The van der Waals surface area contributed by atoms with Gasteiger partial charge in [0, 0.05) is 19.3 Å². The number of benzene rings is 1. The molecule has 0 saturated heterocycles. The first-order chi connectivity index (χ1) is 7.93. The number of aliphatic hydroxyl groups excluding tert-OH is 2. The highest BCUT2D eigenvalue weighted by molar-refractivity contribution is 7.90. The molecule has 1 aromatic rings. The van der Waals surface area contributed by atoms with E-state index in [2.05, 4.69) is 5.32 Å². The molecule has 0 heterocycles. The largest absolute Gasteiger partial charge is 0.394 e. The summed E-state index contributed by atoms with van der Waals surface area (Å²) in [6, 6.07) is 6.53. The van der Waals surface area contributed by atoms with Crippen molar-refractivity contribution in [3.63, 3.8) is 0 Å². The van der Waals surface area contributed by atoms with Crippen LogP contribution in [0.1, 0.15) is 5.56 Å². The van der Waals surface area contributed by atoms with Crippen LogP contribution < -0.4 is 5.32 Å². The van der Waals surface area contributed by atoms with Gasteiger partial charge in [-0.3, -0.25) is 0 Å². The van der Waals surface area contributed by atoms with Gasteiger partial charge in [-0.05, 0) is 17.7 Å². The lowest BCUT2D eigenvalue weighted by Crippen LogP contribution is -2.28. The maximum atomic E-state index is 11.2. The Kier molecular flexibility index (Phi) is 5.07. The molecule has 96 valence electrons. The maximum Gasteiger partial charge on any atom is 0.175 e. The average molecular weight is 259 g/mol. The second-order valence-corrected chi connectivity index (χ2v) is 5.90. The highest BCUT2D eigenvalue weighted by Crippen LogP contribution is 2.09. The second-order valence-electron chi connectivity index (χ2n) is 3.88. The summed E-state index contributed by atoms with van der Waals surface area (Å²) in [5.74, 6) is 0. The van der Waals surface area contributed by atoms with Gasteiger partial charge in [-0.15, -0.1) is 0 Å². The molecule has 0 radical (unpaired) electrons. The third kappa shape index (κ3) is 4.82. The predicted molar refractivity (Wildman–Crippen MR) is 64.4 cm³/mol. The number of sulfone groups is 1. The molecule has 0 bridgehead atoms. The van der Waals surface area contributed by atoms with Gasteiger partial charge in [0.15, 0.2) is 9.84 Å². The van der Waals surface area contributed by atoms with Gasteiger partial charge in [0.25, 0.3) is 0 Å². The van der Waals surface area contributed by atoms with E-state index >= 15 is 0 Å². The number of hydrogen-bond donors (Lipinski definition) is 3. The number of aliphatic hydroxyl groups is 2. The third-order valence-electron chi connectivity index (χ3n) is 2.27. The van der Waals surface area contributed by atoms with E-state index in [0.717, 1.165) is 11.8 Å². The van der Waals surface area contributed by atoms with E-state index in [1.165, 1.54) is 0 Å². The minimum Gasteiger partial charge on any atom is -0.394 e. The summed E-state index contributed by atoms with van der Waals surface area (Å²) >= 11 is 0. The normalized spacial score (nSPS) is 13.6. The van der Waals surface area contributed by atoms with Crippen molar-refractivity contribution in [1.82, 2.24) is 5.32 Å². The molecule has 1 atom stereocenters. The zero-order valence-electron chi connectivity index (χ0n) is 9.63. The number of hydrogen-bond acceptors (Lipinski definition) is 5. The molecule has 1 unspecified atom stereocenters. The van der Waals surface area contributed by atoms with Gasteiger partial charge in [0.05, 0.1) is 17.6 Å². The Morgan fingerprint density at radius 2 is 1.88 bits per heavy atom. The highest BCUT2D eigenvalue weighted by atomic mass is 32.2. The van der Waals surface area contributed by atoms with Crippen molar-refractivity contribution in [3.05, 3.63) is 29.8 Å². The predicted octanol–water partition coefficient (Wildman–Crippen LogP) is -0.467. The van der Waals surface area contributed by atoms with Crippen molar-refractivity contribution < 1.29 is 18.6 Å². The quantitative estimate of drug-likeness (QED) is 0.643. The van der Waals surface area contributed by atoms with Crippen molar-refractivity contribution in [3.8, 4) is 0 Å². The highest BCUT2D eigenvalue weighted by Gasteiger charge is 2.06. The van der Waals surface area contributed by atoms with E-state index in [0.29, 0.717) is 13.1 Å². The van der Waals surface area contributed by atoms with Crippen molar-refractivity contribution in [1.29, 1.82) is 0 Å². The van der Waals surface area contributed by atoms with E-state index in [4.69, 9.17) is 10.2 Å². The van der Waals surface area contributed by atoms with Crippen LogP contribution in [-0.2, 0) is 16.4 Å². The summed E-state index contributed by atoms with van der Waals surface area (Å²) in [6.45, 7) is 0.533. The Balaban J connectivity index is 2.52. The summed E-state index contributed by atoms with van der Waals surface area (Å²) in [7, 11) is -3.15. The summed E-state index contributed by atoms with van der Waals surface area (Å²) in [5.41, 5.74) is 0.919. The lowest BCUT2D eigenvalue weighted by atomic mass is 10.2. The molecule has 0 saturated carbocycles. The summed E-state index contributed by atoms with van der Waals surface area (Å²) in [6.07, 6.45) is 0.392. The Morgan fingerprint density at radius 1 is 1.29 bits per heavy atom. The second kappa shape index (κ2) is 6.11. The summed E-state index contributed by atoms with van der Waals surface area (Å²) < 4.78 is 22.4. The molecule has 1 aromatic carbocycles. The Labute approximate surface area is 101 Å². The van der Waals surface area contributed by atoms with E-state index < -0.39 is 15.9 Å². The standard InChI is InChI=1S/C11H17NO4S/c1-17(15,16)11-4-2-9(3-5-11)6-12-7-10(14)8-13/h2-5,10,12-14H,6-8H2,1H3. The minimum atomic E-state index is -3.15. The van der Waals surface area contributed by atoms with Crippen LogP contribution in [0.5, 0.6) is 0 Å². The van der Waals surface area contributed by atoms with Gasteiger partial charge in [-0.2, -0.15) is 0 Å². The molecule has 1 rings (SSSR count). The summed E-state index contributed by atoms with van der Waals surface area (Å²) in [4.78, 5) is 0.289. The molecule has 0 amide bonds. The van der Waals surface area contributed by atoms with Crippen LogP contribution in [0, 0.1) is 0 Å². The molecule has 5 nitrogen and oxygen atoms in total. The van der Waals surface area contributed by atoms with Crippen LogP contribution in [0.4, 0.5) is 0 Å². The zero-order valence-corrected chi connectivity index (χ0v) is 10.4. The molecular weight excluding hydrogens is 242 g/mol. The first-order valence-corrected chi connectivity index (χ1v) is 7.11. The lowest BCUT2D eigenvalue weighted by molar-refractivity contribution is 0.0942. The van der Waals surface area contributed by atoms with Crippen molar-refractivity contribution in [2.75, 3.05) is 19.4 Å². The van der Waals surface area contributed by atoms with Crippen molar-refractivity contribution >= 4 is 9.84 Å². The molecule has 3 N–H and O–H groups in total. The fraction of sp³-hybridized carbons (Fsp3) is 0.455. The van der Waals surface area contributed by atoms with Gasteiger partial charge in [0.1, 0.15) is 0 Å². The molecule has 6 heteroatoms. The first-order valence-electron chi connectivity index (χ1n) is 5.22. The molecule has 0 spiro atoms. The van der Waals surface area contributed by atoms with Gasteiger partial charge >= 0.3 is 0 Å². The van der Waals surface area contributed by atoms with Crippen LogP contribution in [0.25, 0.3) is 0 Å². The van der Waals surface area contributed by atoms with Crippen LogP contribution in [-0.4, -0.2) is 44.1 Å². The third-order valence-corrected chi connectivity index (χ3v) is 3.40. The first kappa shape index (κ1) is 14.1. The molecule has 0 fully saturated rings. The maximum absolute atomic E-state index is 11.2. The Bertz CT molecular complexity index is 441. The Morgan fingerprint density at radius 3 is 2.35 bits per heavy atom.